The molecule has 5 nitrogen and oxygen atoms in total. The van der Waals surface area contributed by atoms with Crippen LogP contribution in [0.4, 0.5) is 0 Å². The molecule has 1 aromatic heterocycles. The summed E-state index contributed by atoms with van der Waals surface area (Å²) in [4.78, 5) is 19.5. The quantitative estimate of drug-likeness (QED) is 0.881. The highest BCUT2D eigenvalue weighted by Crippen LogP contribution is 2.28. The average molecular weight is 317 g/mol. The van der Waals surface area contributed by atoms with Crippen molar-refractivity contribution in [1.82, 2.24) is 15.2 Å². The van der Waals surface area contributed by atoms with Crippen LogP contribution in [0.2, 0.25) is 0 Å². The Morgan fingerprint density at radius 2 is 2.23 bits per heavy atom. The van der Waals surface area contributed by atoms with Crippen molar-refractivity contribution < 1.29 is 9.21 Å². The average Bonchev–Trinajstić information content (AvgIpc) is 2.99. The van der Waals surface area contributed by atoms with Gasteiger partial charge in [0, 0.05) is 12.6 Å². The maximum absolute atomic E-state index is 12.7. The number of benzene rings is 1. The van der Waals surface area contributed by atoms with Crippen molar-refractivity contribution in [1.29, 1.82) is 0 Å². The van der Waals surface area contributed by atoms with Crippen molar-refractivity contribution >= 4 is 28.8 Å². The number of aromatic nitrogens is 1. The van der Waals surface area contributed by atoms with Crippen LogP contribution < -0.4 is 5.32 Å². The fraction of sp³-hybridized carbons (Fsp3) is 0.500. The lowest BCUT2D eigenvalue weighted by Crippen LogP contribution is -2.57. The molecule has 3 saturated heterocycles. The topological polar surface area (TPSA) is 58.4 Å². The first kappa shape index (κ1) is 14.1. The van der Waals surface area contributed by atoms with Crippen LogP contribution in [-0.4, -0.2) is 47.7 Å². The monoisotopic (exact) mass is 317 g/mol. The van der Waals surface area contributed by atoms with E-state index < -0.39 is 0 Å². The van der Waals surface area contributed by atoms with E-state index >= 15 is 0 Å². The Labute approximate surface area is 133 Å². The molecular formula is C16H19N3O2S. The Kier molecular flexibility index (Phi) is 3.58. The standard InChI is InChI=1S/C16H19N3O2S/c1-22-16-18-14-11(3-2-4-13(14)21-16)15(20)17-12-9-19-7-5-10(12)6-8-19/h2-4,10,12H,5-9H2,1H3,(H,17,20). The van der Waals surface area contributed by atoms with Gasteiger partial charge in [-0.2, -0.15) is 0 Å². The van der Waals surface area contributed by atoms with Crippen LogP contribution in [0.1, 0.15) is 23.2 Å². The molecule has 4 heterocycles. The van der Waals surface area contributed by atoms with Gasteiger partial charge in [0.25, 0.3) is 11.1 Å². The van der Waals surface area contributed by atoms with E-state index in [1.54, 1.807) is 0 Å². The first-order valence-electron chi connectivity index (χ1n) is 7.71. The summed E-state index contributed by atoms with van der Waals surface area (Å²) in [6.45, 7) is 3.32. The number of carbonyl (C=O) groups is 1. The Balaban J connectivity index is 1.59. The SMILES string of the molecule is CSc1nc2c(C(=O)NC3CN4CCC3CC4)cccc2o1. The molecule has 5 rings (SSSR count). The minimum Gasteiger partial charge on any atom is -0.431 e. The first-order chi connectivity index (χ1) is 10.7. The molecule has 1 N–H and O–H groups in total. The predicted molar refractivity (Wildman–Crippen MR) is 86.2 cm³/mol. The Morgan fingerprint density at radius 3 is 2.91 bits per heavy atom. The van der Waals surface area contributed by atoms with Gasteiger partial charge in [-0.1, -0.05) is 17.8 Å². The van der Waals surface area contributed by atoms with E-state index in [2.05, 4.69) is 15.2 Å². The largest absolute Gasteiger partial charge is 0.431 e. The molecular weight excluding hydrogens is 298 g/mol. The summed E-state index contributed by atoms with van der Waals surface area (Å²) in [5, 5.41) is 3.81. The molecule has 1 aromatic carbocycles. The number of carbonyl (C=O) groups excluding carboxylic acids is 1. The van der Waals surface area contributed by atoms with Crippen molar-refractivity contribution in [3.63, 3.8) is 0 Å². The van der Waals surface area contributed by atoms with Gasteiger partial charge in [-0.05, 0) is 50.2 Å². The van der Waals surface area contributed by atoms with E-state index in [-0.39, 0.29) is 11.9 Å². The number of para-hydroxylation sites is 1. The summed E-state index contributed by atoms with van der Waals surface area (Å²) in [6.07, 6.45) is 4.29. The molecule has 0 saturated carbocycles. The molecule has 0 spiro atoms. The number of hydrogen-bond donors (Lipinski definition) is 1. The van der Waals surface area contributed by atoms with Crippen LogP contribution in [0.25, 0.3) is 11.1 Å². The smallest absolute Gasteiger partial charge is 0.256 e. The number of nitrogens with one attached hydrogen (secondary N) is 1. The summed E-state index contributed by atoms with van der Waals surface area (Å²) in [7, 11) is 0. The highest BCUT2D eigenvalue weighted by Gasteiger charge is 2.35. The third kappa shape index (κ3) is 2.40. The normalized spacial score (nSPS) is 27.2. The second kappa shape index (κ2) is 5.59. The lowest BCUT2D eigenvalue weighted by Gasteiger charge is -2.44. The third-order valence-corrected chi connectivity index (χ3v) is 5.32. The van der Waals surface area contributed by atoms with Gasteiger partial charge in [0.1, 0.15) is 5.52 Å². The van der Waals surface area contributed by atoms with E-state index in [1.165, 1.54) is 37.7 Å². The lowest BCUT2D eigenvalue weighted by molar-refractivity contribution is 0.0621. The van der Waals surface area contributed by atoms with Gasteiger partial charge < -0.3 is 14.6 Å². The maximum Gasteiger partial charge on any atom is 0.256 e. The third-order valence-electron chi connectivity index (χ3n) is 4.79. The zero-order valence-corrected chi connectivity index (χ0v) is 13.4. The summed E-state index contributed by atoms with van der Waals surface area (Å²) >= 11 is 1.44. The van der Waals surface area contributed by atoms with Gasteiger partial charge >= 0.3 is 0 Å². The van der Waals surface area contributed by atoms with Crippen LogP contribution in [0.15, 0.2) is 27.8 Å². The molecule has 6 heteroatoms. The van der Waals surface area contributed by atoms with Crippen molar-refractivity contribution in [2.75, 3.05) is 25.9 Å². The highest BCUT2D eigenvalue weighted by atomic mass is 32.2. The number of piperidine rings is 3. The molecule has 2 aromatic rings. The Morgan fingerprint density at radius 1 is 1.41 bits per heavy atom. The van der Waals surface area contributed by atoms with Gasteiger partial charge in [-0.15, -0.1) is 0 Å². The Bertz CT molecular complexity index is 706. The molecule has 3 aliphatic heterocycles. The molecule has 0 radical (unpaired) electrons. The first-order valence-corrected chi connectivity index (χ1v) is 8.94. The lowest BCUT2D eigenvalue weighted by atomic mass is 9.84. The van der Waals surface area contributed by atoms with Crippen LogP contribution in [0.5, 0.6) is 0 Å². The second-order valence-corrected chi connectivity index (χ2v) is 6.81. The van der Waals surface area contributed by atoms with Gasteiger partial charge in [-0.25, -0.2) is 4.98 Å². The zero-order chi connectivity index (χ0) is 15.1. The molecule has 1 unspecified atom stereocenters. The zero-order valence-electron chi connectivity index (χ0n) is 12.5. The summed E-state index contributed by atoms with van der Waals surface area (Å²) in [5.41, 5.74) is 1.94. The summed E-state index contributed by atoms with van der Waals surface area (Å²) in [6, 6.07) is 5.79. The van der Waals surface area contributed by atoms with Gasteiger partial charge in [0.15, 0.2) is 5.58 Å². The number of oxazole rings is 1. The molecule has 1 atom stereocenters. The van der Waals surface area contributed by atoms with E-state index in [0.29, 0.717) is 27.8 Å². The van der Waals surface area contributed by atoms with Gasteiger partial charge in [0.05, 0.1) is 5.56 Å². The molecule has 3 fully saturated rings. The van der Waals surface area contributed by atoms with E-state index in [4.69, 9.17) is 4.42 Å². The molecule has 0 aliphatic carbocycles. The van der Waals surface area contributed by atoms with Crippen molar-refractivity contribution in [2.45, 2.75) is 24.1 Å². The van der Waals surface area contributed by atoms with Crippen molar-refractivity contribution in [3.8, 4) is 0 Å². The molecule has 2 bridgehead atoms. The number of hydrogen-bond acceptors (Lipinski definition) is 5. The molecule has 1 amide bonds. The Hall–Kier alpha value is -1.53. The van der Waals surface area contributed by atoms with E-state index in [1.807, 2.05) is 24.5 Å². The van der Waals surface area contributed by atoms with Crippen LogP contribution in [0.3, 0.4) is 0 Å². The predicted octanol–water partition coefficient (Wildman–Crippen LogP) is 2.37. The summed E-state index contributed by atoms with van der Waals surface area (Å²) < 4.78 is 5.61. The number of thioether (sulfide) groups is 1. The minimum atomic E-state index is -0.0368. The molecule has 3 aliphatic rings. The molecule has 22 heavy (non-hydrogen) atoms. The fourth-order valence-electron chi connectivity index (χ4n) is 3.57. The highest BCUT2D eigenvalue weighted by molar-refractivity contribution is 7.98. The van der Waals surface area contributed by atoms with Crippen LogP contribution in [0, 0.1) is 5.92 Å². The number of rotatable bonds is 3. The van der Waals surface area contributed by atoms with Gasteiger partial charge in [-0.3, -0.25) is 4.79 Å². The van der Waals surface area contributed by atoms with Crippen LogP contribution in [-0.2, 0) is 0 Å². The van der Waals surface area contributed by atoms with Crippen LogP contribution >= 0.6 is 11.8 Å². The van der Waals surface area contributed by atoms with E-state index in [9.17, 15) is 4.79 Å². The second-order valence-electron chi connectivity index (χ2n) is 6.05. The van der Waals surface area contributed by atoms with E-state index in [0.717, 1.165) is 6.54 Å². The summed E-state index contributed by atoms with van der Waals surface area (Å²) in [5.74, 6) is 0.581. The number of fused-ring (bicyclic) bond motifs is 4. The van der Waals surface area contributed by atoms with Gasteiger partial charge in [0.2, 0.25) is 0 Å². The fourth-order valence-corrected chi connectivity index (χ4v) is 3.93. The number of amides is 1. The number of nitrogens with zero attached hydrogens (tertiary/aromatic N) is 2. The molecule has 116 valence electrons. The maximum atomic E-state index is 12.7. The van der Waals surface area contributed by atoms with Crippen molar-refractivity contribution in [2.24, 2.45) is 5.92 Å². The van der Waals surface area contributed by atoms with Crippen molar-refractivity contribution in [3.05, 3.63) is 23.8 Å². The minimum absolute atomic E-state index is 0.0368.